The Hall–Kier alpha value is -1.67. The number of hydrogen-bond donors (Lipinski definition) is 0. The predicted octanol–water partition coefficient (Wildman–Crippen LogP) is 14.0. The Morgan fingerprint density at radius 3 is 1.96 bits per heavy atom. The zero-order valence-corrected chi connectivity index (χ0v) is 36.8. The van der Waals surface area contributed by atoms with Gasteiger partial charge in [-0.1, -0.05) is 49.5 Å². The van der Waals surface area contributed by atoms with E-state index in [0.29, 0.717) is 0 Å². The van der Waals surface area contributed by atoms with Crippen LogP contribution >= 0.6 is 68.0 Å². The van der Waals surface area contributed by atoms with Gasteiger partial charge in [0.25, 0.3) is 0 Å². The first-order valence-electron chi connectivity index (χ1n) is 15.6. The van der Waals surface area contributed by atoms with Crippen LogP contribution < -0.4 is 0 Å². The van der Waals surface area contributed by atoms with E-state index in [2.05, 4.69) is 113 Å². The average molecular weight is 895 g/mol. The maximum atomic E-state index is 3.66. The fourth-order valence-corrected chi connectivity index (χ4v) is 13.3. The van der Waals surface area contributed by atoms with E-state index in [1.54, 1.807) is 22.7 Å². The summed E-state index contributed by atoms with van der Waals surface area (Å²) in [6.45, 7) is 0. The summed E-state index contributed by atoms with van der Waals surface area (Å²) in [6, 6.07) is 40.7. The topological polar surface area (TPSA) is 0 Å². The molecule has 0 bridgehead atoms. The van der Waals surface area contributed by atoms with Crippen molar-refractivity contribution < 1.29 is 65.4 Å². The summed E-state index contributed by atoms with van der Waals surface area (Å²) in [4.78, 5) is 5.28. The molecular weight excluding hydrogens is 875 g/mol. The molecule has 0 spiro atoms. The van der Waals surface area contributed by atoms with Crippen molar-refractivity contribution in [2.24, 2.45) is 0 Å². The average Bonchev–Trinajstić information content (AvgIpc) is 3.95. The van der Waals surface area contributed by atoms with Crippen molar-refractivity contribution in [1.82, 2.24) is 0 Å². The van der Waals surface area contributed by atoms with Crippen molar-refractivity contribution >= 4 is 108 Å². The molecule has 0 N–H and O–H groups in total. The molecule has 4 aromatic carbocycles. The molecular formula is C42H20S6Y2-4. The maximum Gasteiger partial charge on any atom is 0.0492 e. The molecule has 0 fully saturated rings. The first-order valence-corrected chi connectivity index (χ1v) is 20.8. The van der Waals surface area contributed by atoms with Crippen LogP contribution in [0.25, 0.3) is 82.1 Å². The van der Waals surface area contributed by atoms with E-state index in [4.69, 9.17) is 0 Å². The molecule has 6 aromatic heterocycles. The molecule has 0 saturated carbocycles. The number of hydrogen-bond acceptors (Lipinski definition) is 6. The molecule has 234 valence electrons. The van der Waals surface area contributed by atoms with Gasteiger partial charge in [-0.3, -0.25) is 22.7 Å². The summed E-state index contributed by atoms with van der Waals surface area (Å²) in [7, 11) is 0. The Balaban J connectivity index is 0.000000133. The smallest absolute Gasteiger partial charge is 0.0492 e. The van der Waals surface area contributed by atoms with Gasteiger partial charge in [-0.2, -0.15) is 57.5 Å². The third kappa shape index (κ3) is 5.52. The van der Waals surface area contributed by atoms with Crippen molar-refractivity contribution in [3.05, 3.63) is 141 Å². The molecule has 12 rings (SSSR count). The van der Waals surface area contributed by atoms with Crippen molar-refractivity contribution in [1.29, 1.82) is 0 Å². The minimum Gasteiger partial charge on any atom is -0.280 e. The molecule has 10 aromatic rings. The van der Waals surface area contributed by atoms with Crippen molar-refractivity contribution in [2.45, 2.75) is 12.8 Å². The summed E-state index contributed by atoms with van der Waals surface area (Å²) < 4.78 is 5.49. The van der Waals surface area contributed by atoms with Gasteiger partial charge in [-0.25, -0.2) is 17.2 Å². The molecule has 8 heteroatoms. The number of benzene rings is 4. The number of fused-ring (bicyclic) bond motifs is 13. The van der Waals surface area contributed by atoms with Crippen LogP contribution in [0.5, 0.6) is 0 Å². The van der Waals surface area contributed by atoms with Crippen molar-refractivity contribution in [3.63, 3.8) is 0 Å². The second-order valence-electron chi connectivity index (χ2n) is 12.1. The van der Waals surface area contributed by atoms with Crippen LogP contribution in [-0.2, 0) is 78.3 Å². The van der Waals surface area contributed by atoms with Gasteiger partial charge in [0.05, 0.1) is 0 Å². The zero-order chi connectivity index (χ0) is 31.3. The minimum atomic E-state index is 0. The second kappa shape index (κ2) is 13.6. The maximum absolute atomic E-state index is 3.66. The van der Waals surface area contributed by atoms with Gasteiger partial charge in [0.2, 0.25) is 0 Å². The van der Waals surface area contributed by atoms with E-state index in [1.807, 2.05) is 51.4 Å². The Morgan fingerprint density at radius 1 is 0.500 bits per heavy atom. The van der Waals surface area contributed by atoms with E-state index < -0.39 is 0 Å². The Kier molecular flexibility index (Phi) is 9.30. The SMILES string of the molecule is [Y].[Y].[c-]1c(-c2[c-]c3sccc3s2)ccc2c3c(ccc12)-c1sc2ccsc2c1C3.[c-]1ccsc1-c1[c-]c2ccc3c(c2cc1)Cc1ccsc1-3. The zero-order valence-electron chi connectivity index (χ0n) is 26.3. The first kappa shape index (κ1) is 34.1. The third-order valence-corrected chi connectivity index (χ3v) is 15.7. The molecule has 0 atom stereocenters. The molecule has 0 aliphatic heterocycles. The first-order chi connectivity index (χ1) is 23.7. The van der Waals surface area contributed by atoms with Gasteiger partial charge in [-0.05, 0) is 63.4 Å². The quantitative estimate of drug-likeness (QED) is 0.152. The van der Waals surface area contributed by atoms with Crippen LogP contribution in [0.2, 0.25) is 0 Å². The summed E-state index contributed by atoms with van der Waals surface area (Å²) in [6.07, 6.45) is 2.11. The van der Waals surface area contributed by atoms with E-state index in [0.717, 1.165) is 28.8 Å². The minimum absolute atomic E-state index is 0. The molecule has 0 unspecified atom stereocenters. The second-order valence-corrected chi connectivity index (χ2v) is 17.8. The van der Waals surface area contributed by atoms with Gasteiger partial charge >= 0.3 is 0 Å². The molecule has 2 aliphatic carbocycles. The Labute approximate surface area is 364 Å². The van der Waals surface area contributed by atoms with Gasteiger partial charge in [0, 0.05) is 84.6 Å². The molecule has 50 heavy (non-hydrogen) atoms. The summed E-state index contributed by atoms with van der Waals surface area (Å²) in [5.41, 5.74) is 11.1. The fourth-order valence-electron chi connectivity index (χ4n) is 7.25. The van der Waals surface area contributed by atoms with E-state index >= 15 is 0 Å². The molecule has 0 nitrogen and oxygen atoms in total. The summed E-state index contributed by atoms with van der Waals surface area (Å²) in [5, 5.41) is 13.7. The van der Waals surface area contributed by atoms with E-state index in [-0.39, 0.29) is 65.4 Å². The molecule has 6 heterocycles. The van der Waals surface area contributed by atoms with Gasteiger partial charge in [0.1, 0.15) is 0 Å². The molecule has 0 saturated heterocycles. The van der Waals surface area contributed by atoms with Crippen molar-refractivity contribution in [3.8, 4) is 41.8 Å². The normalized spacial score (nSPS) is 12.3. The summed E-state index contributed by atoms with van der Waals surface area (Å²) >= 11 is 11.0. The molecule has 0 amide bonds. The van der Waals surface area contributed by atoms with E-state index in [1.165, 1.54) is 88.4 Å². The number of rotatable bonds is 2. The summed E-state index contributed by atoms with van der Waals surface area (Å²) in [5.74, 6) is 0. The third-order valence-electron chi connectivity index (χ3n) is 9.46. The van der Waals surface area contributed by atoms with Gasteiger partial charge in [0.15, 0.2) is 0 Å². The van der Waals surface area contributed by atoms with Crippen LogP contribution in [0.3, 0.4) is 0 Å². The van der Waals surface area contributed by atoms with Gasteiger partial charge < -0.3 is 0 Å². The Morgan fingerprint density at radius 2 is 1.20 bits per heavy atom. The predicted molar refractivity (Wildman–Crippen MR) is 213 cm³/mol. The van der Waals surface area contributed by atoms with Crippen LogP contribution in [-0.4, -0.2) is 0 Å². The van der Waals surface area contributed by atoms with Crippen LogP contribution in [0.15, 0.2) is 94.3 Å². The van der Waals surface area contributed by atoms with Crippen LogP contribution in [0, 0.1) is 24.3 Å². The van der Waals surface area contributed by atoms with Crippen LogP contribution in [0.1, 0.15) is 22.3 Å². The van der Waals surface area contributed by atoms with Gasteiger partial charge in [-0.15, -0.1) is 74.4 Å². The largest absolute Gasteiger partial charge is 0.280 e. The standard InChI is InChI=1S/C23H10S4.C19H10S2.2Y/c1-4-15-16(10-17-22(15)27-19-6-8-25-23(17)19)14-3-2-13(9-12(1)14)20-11-21-18(26-20)5-7-24-21;1-2-18(20-8-1)13-4-5-15-12(10-13)3-6-16-17(15)11-14-7-9-21-19(14)16;;/h1-8H,10H2;1,3-9H,11H2;;/q2*-2;;. The van der Waals surface area contributed by atoms with Crippen LogP contribution in [0.4, 0.5) is 0 Å². The van der Waals surface area contributed by atoms with Crippen molar-refractivity contribution in [2.75, 3.05) is 0 Å². The molecule has 2 radical (unpaired) electrons. The fraction of sp³-hybridized carbons (Fsp3) is 0.0476. The molecule has 2 aliphatic rings. The monoisotopic (exact) mass is 894 g/mol. The van der Waals surface area contributed by atoms with E-state index in [9.17, 15) is 0 Å². The Bertz CT molecular complexity index is 2830. The number of thiophene rings is 6.